The Morgan fingerprint density at radius 3 is 2.31 bits per heavy atom. The quantitative estimate of drug-likeness (QED) is 0.740. The Morgan fingerprint density at radius 1 is 1.19 bits per heavy atom. The van der Waals surface area contributed by atoms with E-state index < -0.39 is 0 Å². The van der Waals surface area contributed by atoms with Gasteiger partial charge in [0.2, 0.25) is 0 Å². The molecule has 1 saturated carbocycles. The minimum Gasteiger partial charge on any atom is -0.392 e. The molecule has 2 rings (SSSR count). The largest absolute Gasteiger partial charge is 0.392 e. The summed E-state index contributed by atoms with van der Waals surface area (Å²) in [6.07, 6.45) is 4.80. The molecule has 0 aromatic heterocycles. The summed E-state index contributed by atoms with van der Waals surface area (Å²) >= 11 is 0. The van der Waals surface area contributed by atoms with Gasteiger partial charge in [-0.05, 0) is 58.5 Å². The van der Waals surface area contributed by atoms with Gasteiger partial charge in [0.25, 0.3) is 0 Å². The van der Waals surface area contributed by atoms with Gasteiger partial charge in [-0.1, -0.05) is 0 Å². The first kappa shape index (κ1) is 12.3. The molecule has 3 nitrogen and oxygen atoms in total. The van der Waals surface area contributed by atoms with Crippen molar-refractivity contribution in [1.82, 2.24) is 10.2 Å². The third-order valence-corrected chi connectivity index (χ3v) is 4.04. The number of aliphatic hydroxyl groups excluding tert-OH is 1. The Labute approximate surface area is 99.2 Å². The van der Waals surface area contributed by atoms with Crippen LogP contribution in [0.25, 0.3) is 0 Å². The number of nitrogens with zero attached hydrogens (tertiary/aromatic N) is 1. The summed E-state index contributed by atoms with van der Waals surface area (Å²) in [6.45, 7) is 7.62. The molecule has 1 aliphatic heterocycles. The fourth-order valence-electron chi connectivity index (χ4n) is 2.56. The van der Waals surface area contributed by atoms with Crippen molar-refractivity contribution in [3.8, 4) is 0 Å². The molecule has 2 N–H and O–H groups in total. The van der Waals surface area contributed by atoms with Crippen LogP contribution in [-0.2, 0) is 0 Å². The minimum absolute atomic E-state index is 0.130. The van der Waals surface area contributed by atoms with E-state index in [1.807, 2.05) is 0 Å². The molecule has 0 amide bonds. The molecule has 1 aliphatic carbocycles. The molecule has 2 aliphatic rings. The standard InChI is InChI=1S/C13H26N2O/c1-10(2)15-7-5-11(6-8-15)13(16)9-14-12-3-4-12/h10-14,16H,3-9H2,1-2H3. The van der Waals surface area contributed by atoms with Crippen molar-refractivity contribution in [2.45, 2.75) is 57.7 Å². The molecule has 0 radical (unpaired) electrons. The SMILES string of the molecule is CC(C)N1CCC(C(O)CNC2CC2)CC1. The van der Waals surface area contributed by atoms with E-state index in [2.05, 4.69) is 24.1 Å². The van der Waals surface area contributed by atoms with Crippen molar-refractivity contribution >= 4 is 0 Å². The van der Waals surface area contributed by atoms with E-state index in [0.29, 0.717) is 18.0 Å². The Balaban J connectivity index is 1.66. The van der Waals surface area contributed by atoms with Crippen LogP contribution in [-0.4, -0.2) is 47.8 Å². The molecule has 16 heavy (non-hydrogen) atoms. The highest BCUT2D eigenvalue weighted by Gasteiger charge is 2.28. The van der Waals surface area contributed by atoms with E-state index in [0.717, 1.165) is 32.5 Å². The Kier molecular flexibility index (Phi) is 4.22. The van der Waals surface area contributed by atoms with E-state index in [1.54, 1.807) is 0 Å². The van der Waals surface area contributed by atoms with Crippen LogP contribution >= 0.6 is 0 Å². The average molecular weight is 226 g/mol. The molecular weight excluding hydrogens is 200 g/mol. The molecule has 1 unspecified atom stereocenters. The van der Waals surface area contributed by atoms with Gasteiger partial charge in [0.15, 0.2) is 0 Å². The molecule has 1 heterocycles. The van der Waals surface area contributed by atoms with Gasteiger partial charge in [0, 0.05) is 18.6 Å². The summed E-state index contributed by atoms with van der Waals surface area (Å²) < 4.78 is 0. The fraction of sp³-hybridized carbons (Fsp3) is 1.00. The van der Waals surface area contributed by atoms with Crippen LogP contribution in [0.15, 0.2) is 0 Å². The maximum absolute atomic E-state index is 10.1. The van der Waals surface area contributed by atoms with Crippen molar-refractivity contribution in [3.05, 3.63) is 0 Å². The first-order chi connectivity index (χ1) is 7.66. The summed E-state index contributed by atoms with van der Waals surface area (Å²) in [5, 5.41) is 13.5. The first-order valence-electron chi connectivity index (χ1n) is 6.82. The molecular formula is C13H26N2O. The summed E-state index contributed by atoms with van der Waals surface area (Å²) in [5.74, 6) is 0.515. The van der Waals surface area contributed by atoms with Crippen LogP contribution in [0.5, 0.6) is 0 Å². The van der Waals surface area contributed by atoms with E-state index >= 15 is 0 Å². The van der Waals surface area contributed by atoms with Gasteiger partial charge in [-0.3, -0.25) is 0 Å². The second-order valence-corrected chi connectivity index (χ2v) is 5.72. The molecule has 0 bridgehead atoms. The van der Waals surface area contributed by atoms with Gasteiger partial charge in [-0.2, -0.15) is 0 Å². The van der Waals surface area contributed by atoms with Crippen molar-refractivity contribution < 1.29 is 5.11 Å². The lowest BCUT2D eigenvalue weighted by Crippen LogP contribution is -2.43. The fourth-order valence-corrected chi connectivity index (χ4v) is 2.56. The van der Waals surface area contributed by atoms with Crippen molar-refractivity contribution in [2.75, 3.05) is 19.6 Å². The van der Waals surface area contributed by atoms with Crippen LogP contribution in [0.2, 0.25) is 0 Å². The lowest BCUT2D eigenvalue weighted by molar-refractivity contribution is 0.0504. The van der Waals surface area contributed by atoms with Gasteiger partial charge < -0.3 is 15.3 Å². The van der Waals surface area contributed by atoms with Gasteiger partial charge in [0.1, 0.15) is 0 Å². The van der Waals surface area contributed by atoms with Gasteiger partial charge in [-0.15, -0.1) is 0 Å². The number of likely N-dealkylation sites (tertiary alicyclic amines) is 1. The molecule has 1 atom stereocenters. The summed E-state index contributed by atoms with van der Waals surface area (Å²) in [5.41, 5.74) is 0. The predicted octanol–water partition coefficient (Wildman–Crippen LogP) is 1.22. The Bertz CT molecular complexity index is 208. The summed E-state index contributed by atoms with van der Waals surface area (Å²) in [6, 6.07) is 1.37. The molecule has 0 aromatic rings. The van der Waals surface area contributed by atoms with Crippen LogP contribution in [0.1, 0.15) is 39.5 Å². The minimum atomic E-state index is -0.130. The topological polar surface area (TPSA) is 35.5 Å². The zero-order chi connectivity index (χ0) is 11.5. The van der Waals surface area contributed by atoms with Crippen molar-refractivity contribution in [3.63, 3.8) is 0 Å². The molecule has 3 heteroatoms. The molecule has 0 spiro atoms. The average Bonchev–Trinajstić information content (AvgIpc) is 3.10. The maximum Gasteiger partial charge on any atom is 0.0693 e. The van der Waals surface area contributed by atoms with Crippen LogP contribution in [0, 0.1) is 5.92 Å². The second-order valence-electron chi connectivity index (χ2n) is 5.72. The third kappa shape index (κ3) is 3.44. The molecule has 1 saturated heterocycles. The van der Waals surface area contributed by atoms with Gasteiger partial charge >= 0.3 is 0 Å². The zero-order valence-electron chi connectivity index (χ0n) is 10.7. The monoisotopic (exact) mass is 226 g/mol. The third-order valence-electron chi connectivity index (χ3n) is 4.04. The first-order valence-corrected chi connectivity index (χ1v) is 6.82. The van der Waals surface area contributed by atoms with Crippen LogP contribution in [0.4, 0.5) is 0 Å². The summed E-state index contributed by atoms with van der Waals surface area (Å²) in [4.78, 5) is 2.51. The number of rotatable bonds is 5. The highest BCUT2D eigenvalue weighted by atomic mass is 16.3. The molecule has 2 fully saturated rings. The highest BCUT2D eigenvalue weighted by Crippen LogP contribution is 2.23. The number of piperidine rings is 1. The maximum atomic E-state index is 10.1. The highest BCUT2D eigenvalue weighted by molar-refractivity contribution is 4.85. The second kappa shape index (κ2) is 5.48. The van der Waals surface area contributed by atoms with Gasteiger partial charge in [-0.25, -0.2) is 0 Å². The van der Waals surface area contributed by atoms with Gasteiger partial charge in [0.05, 0.1) is 6.10 Å². The number of hydrogen-bond acceptors (Lipinski definition) is 3. The Morgan fingerprint density at radius 2 is 1.81 bits per heavy atom. The predicted molar refractivity (Wildman–Crippen MR) is 66.5 cm³/mol. The Hall–Kier alpha value is -0.120. The lowest BCUT2D eigenvalue weighted by Gasteiger charge is -2.36. The number of hydrogen-bond donors (Lipinski definition) is 2. The van der Waals surface area contributed by atoms with E-state index in [-0.39, 0.29) is 6.10 Å². The van der Waals surface area contributed by atoms with E-state index in [9.17, 15) is 5.11 Å². The van der Waals surface area contributed by atoms with E-state index in [1.165, 1.54) is 12.8 Å². The van der Waals surface area contributed by atoms with Crippen LogP contribution < -0.4 is 5.32 Å². The van der Waals surface area contributed by atoms with Crippen LogP contribution in [0.3, 0.4) is 0 Å². The van der Waals surface area contributed by atoms with Crippen molar-refractivity contribution in [1.29, 1.82) is 0 Å². The normalized spacial score (nSPS) is 26.2. The molecule has 0 aromatic carbocycles. The lowest BCUT2D eigenvalue weighted by atomic mass is 9.90. The molecule has 94 valence electrons. The smallest absolute Gasteiger partial charge is 0.0693 e. The van der Waals surface area contributed by atoms with E-state index in [4.69, 9.17) is 0 Å². The summed E-state index contributed by atoms with van der Waals surface area (Å²) in [7, 11) is 0. The van der Waals surface area contributed by atoms with Crippen molar-refractivity contribution in [2.24, 2.45) is 5.92 Å². The number of nitrogens with one attached hydrogen (secondary N) is 1. The zero-order valence-corrected chi connectivity index (χ0v) is 10.7. The number of aliphatic hydroxyl groups is 1.